The maximum absolute atomic E-state index is 5.87. The van der Waals surface area contributed by atoms with Crippen molar-refractivity contribution in [3.05, 3.63) is 54.3 Å². The van der Waals surface area contributed by atoms with Crippen LogP contribution < -0.4 is 10.1 Å². The Balaban J connectivity index is 1.73. The minimum Gasteiger partial charge on any atom is -0.497 e. The molecule has 0 amide bonds. The van der Waals surface area contributed by atoms with Crippen LogP contribution in [0.2, 0.25) is 0 Å². The van der Waals surface area contributed by atoms with Crippen LogP contribution in [-0.4, -0.2) is 26.0 Å². The molecule has 4 nitrogen and oxygen atoms in total. The monoisotopic (exact) mass is 292 g/mol. The molecule has 1 N–H and O–H groups in total. The van der Waals surface area contributed by atoms with Crippen molar-refractivity contribution in [3.63, 3.8) is 0 Å². The second-order valence-corrected chi connectivity index (χ2v) is 5.25. The molecule has 4 heteroatoms. The molecule has 1 aromatic heterocycles. The van der Waals surface area contributed by atoms with Gasteiger partial charge < -0.3 is 14.5 Å². The van der Waals surface area contributed by atoms with Crippen molar-refractivity contribution in [2.75, 3.05) is 20.2 Å². The van der Waals surface area contributed by atoms with Crippen LogP contribution in [0.25, 0.3) is 22.1 Å². The van der Waals surface area contributed by atoms with Gasteiger partial charge in [0, 0.05) is 11.9 Å². The number of nitrogens with one attached hydrogen (secondary N) is 1. The second kappa shape index (κ2) is 5.22. The van der Waals surface area contributed by atoms with E-state index in [1.807, 2.05) is 24.3 Å². The topological polar surface area (TPSA) is 46.8 Å². The van der Waals surface area contributed by atoms with E-state index in [9.17, 15) is 0 Å². The number of furan rings is 1. The van der Waals surface area contributed by atoms with Crippen LogP contribution in [0.1, 0.15) is 5.76 Å². The highest BCUT2D eigenvalue weighted by Crippen LogP contribution is 2.28. The predicted molar refractivity (Wildman–Crippen MR) is 87.6 cm³/mol. The summed E-state index contributed by atoms with van der Waals surface area (Å²) in [6, 6.07) is 16.3. The van der Waals surface area contributed by atoms with Crippen LogP contribution in [0, 0.1) is 0 Å². The van der Waals surface area contributed by atoms with Gasteiger partial charge in [-0.3, -0.25) is 4.99 Å². The SMILES string of the molecule is COc1ccc(-c2ccc3oc(C4=NCCN4)cc3c2)cc1. The van der Waals surface area contributed by atoms with Crippen molar-refractivity contribution >= 4 is 16.8 Å². The van der Waals surface area contributed by atoms with Gasteiger partial charge in [0.25, 0.3) is 0 Å². The number of aliphatic imine (C=N–C) groups is 1. The third kappa shape index (κ3) is 2.22. The van der Waals surface area contributed by atoms with Crippen LogP contribution in [0.15, 0.2) is 57.9 Å². The number of benzene rings is 2. The first-order chi connectivity index (χ1) is 10.8. The Kier molecular flexibility index (Phi) is 3.07. The van der Waals surface area contributed by atoms with E-state index in [4.69, 9.17) is 9.15 Å². The molecular formula is C18H16N2O2. The third-order valence-corrected chi connectivity index (χ3v) is 3.85. The molecule has 0 bridgehead atoms. The van der Waals surface area contributed by atoms with E-state index in [0.717, 1.165) is 52.5 Å². The molecule has 0 saturated heterocycles. The molecule has 0 atom stereocenters. The smallest absolute Gasteiger partial charge is 0.170 e. The summed E-state index contributed by atoms with van der Waals surface area (Å²) < 4.78 is 11.1. The Hall–Kier alpha value is -2.75. The van der Waals surface area contributed by atoms with Crippen molar-refractivity contribution in [3.8, 4) is 16.9 Å². The van der Waals surface area contributed by atoms with Crippen molar-refractivity contribution in [1.82, 2.24) is 5.32 Å². The summed E-state index contributed by atoms with van der Waals surface area (Å²) in [5.41, 5.74) is 3.19. The largest absolute Gasteiger partial charge is 0.497 e. The molecule has 0 spiro atoms. The normalized spacial score (nSPS) is 14.0. The highest BCUT2D eigenvalue weighted by molar-refractivity contribution is 6.01. The lowest BCUT2D eigenvalue weighted by Gasteiger charge is -2.03. The first-order valence-electron chi connectivity index (χ1n) is 7.30. The van der Waals surface area contributed by atoms with Gasteiger partial charge in [-0.2, -0.15) is 0 Å². The number of amidine groups is 1. The molecule has 0 unspecified atom stereocenters. The van der Waals surface area contributed by atoms with Gasteiger partial charge in [-0.05, 0) is 41.5 Å². The summed E-state index contributed by atoms with van der Waals surface area (Å²) in [5, 5.41) is 4.32. The number of hydrogen-bond acceptors (Lipinski definition) is 4. The van der Waals surface area contributed by atoms with Crippen LogP contribution in [-0.2, 0) is 0 Å². The fourth-order valence-electron chi connectivity index (χ4n) is 2.69. The molecule has 0 aliphatic carbocycles. The number of fused-ring (bicyclic) bond motifs is 1. The molecule has 4 rings (SSSR count). The average molecular weight is 292 g/mol. The highest BCUT2D eigenvalue weighted by atomic mass is 16.5. The fourth-order valence-corrected chi connectivity index (χ4v) is 2.69. The predicted octanol–water partition coefficient (Wildman–Crippen LogP) is 3.46. The molecule has 2 heterocycles. The minimum atomic E-state index is 0.805. The summed E-state index contributed by atoms with van der Waals surface area (Å²) >= 11 is 0. The van der Waals surface area contributed by atoms with E-state index in [0.29, 0.717) is 0 Å². The summed E-state index contributed by atoms with van der Waals surface area (Å²) in [4.78, 5) is 4.40. The zero-order valence-electron chi connectivity index (χ0n) is 12.3. The van der Waals surface area contributed by atoms with Crippen LogP contribution in [0.5, 0.6) is 5.75 Å². The average Bonchev–Trinajstić information content (AvgIpc) is 3.23. The number of rotatable bonds is 3. The van der Waals surface area contributed by atoms with E-state index in [2.05, 4.69) is 34.6 Å². The lowest BCUT2D eigenvalue weighted by Crippen LogP contribution is -2.18. The Bertz CT molecular complexity index is 847. The Labute approximate surface area is 128 Å². The van der Waals surface area contributed by atoms with E-state index in [-0.39, 0.29) is 0 Å². The molecule has 1 aliphatic heterocycles. The van der Waals surface area contributed by atoms with E-state index in [1.165, 1.54) is 0 Å². The van der Waals surface area contributed by atoms with Crippen LogP contribution in [0.3, 0.4) is 0 Å². The van der Waals surface area contributed by atoms with E-state index in [1.54, 1.807) is 7.11 Å². The molecule has 22 heavy (non-hydrogen) atoms. The van der Waals surface area contributed by atoms with Crippen molar-refractivity contribution in [1.29, 1.82) is 0 Å². The van der Waals surface area contributed by atoms with Gasteiger partial charge in [-0.15, -0.1) is 0 Å². The second-order valence-electron chi connectivity index (χ2n) is 5.25. The molecule has 0 fully saturated rings. The summed E-state index contributed by atoms with van der Waals surface area (Å²) in [5.74, 6) is 2.52. The van der Waals surface area contributed by atoms with Gasteiger partial charge in [0.1, 0.15) is 11.3 Å². The van der Waals surface area contributed by atoms with Gasteiger partial charge in [0.2, 0.25) is 0 Å². The van der Waals surface area contributed by atoms with Crippen molar-refractivity contribution in [2.24, 2.45) is 4.99 Å². The molecule has 3 aromatic rings. The van der Waals surface area contributed by atoms with E-state index >= 15 is 0 Å². The standard InChI is InChI=1S/C18H16N2O2/c1-21-15-5-2-12(3-6-15)13-4-7-16-14(10-13)11-17(22-16)18-19-8-9-20-18/h2-7,10-11H,8-9H2,1H3,(H,19,20). The maximum atomic E-state index is 5.87. The summed E-state index contributed by atoms with van der Waals surface area (Å²) in [7, 11) is 1.67. The molecule has 0 radical (unpaired) electrons. The molecule has 2 aromatic carbocycles. The van der Waals surface area contributed by atoms with Gasteiger partial charge in [0.05, 0.1) is 13.7 Å². The highest BCUT2D eigenvalue weighted by Gasteiger charge is 2.13. The van der Waals surface area contributed by atoms with Crippen molar-refractivity contribution < 1.29 is 9.15 Å². The maximum Gasteiger partial charge on any atom is 0.170 e. The quantitative estimate of drug-likeness (QED) is 0.804. The first kappa shape index (κ1) is 13.0. The number of nitrogens with zero attached hydrogens (tertiary/aromatic N) is 1. The molecular weight excluding hydrogens is 276 g/mol. The minimum absolute atomic E-state index is 0.805. The third-order valence-electron chi connectivity index (χ3n) is 3.85. The number of hydrogen-bond donors (Lipinski definition) is 1. The molecule has 1 aliphatic rings. The lowest BCUT2D eigenvalue weighted by atomic mass is 10.0. The fraction of sp³-hybridized carbons (Fsp3) is 0.167. The number of ether oxygens (including phenoxy) is 1. The van der Waals surface area contributed by atoms with Crippen LogP contribution >= 0.6 is 0 Å². The summed E-state index contributed by atoms with van der Waals surface area (Å²) in [6.45, 7) is 1.69. The van der Waals surface area contributed by atoms with Gasteiger partial charge in [0.15, 0.2) is 11.6 Å². The first-order valence-corrected chi connectivity index (χ1v) is 7.30. The zero-order chi connectivity index (χ0) is 14.9. The molecule has 0 saturated carbocycles. The number of methoxy groups -OCH3 is 1. The Morgan fingerprint density at radius 1 is 1.05 bits per heavy atom. The van der Waals surface area contributed by atoms with E-state index < -0.39 is 0 Å². The van der Waals surface area contributed by atoms with Gasteiger partial charge in [-0.1, -0.05) is 18.2 Å². The van der Waals surface area contributed by atoms with Gasteiger partial charge in [-0.25, -0.2) is 0 Å². The van der Waals surface area contributed by atoms with Crippen LogP contribution in [0.4, 0.5) is 0 Å². The molecule has 110 valence electrons. The Morgan fingerprint density at radius 2 is 1.86 bits per heavy atom. The summed E-state index contributed by atoms with van der Waals surface area (Å²) in [6.07, 6.45) is 0. The Morgan fingerprint density at radius 3 is 2.59 bits per heavy atom. The lowest BCUT2D eigenvalue weighted by molar-refractivity contribution is 0.415. The van der Waals surface area contributed by atoms with Gasteiger partial charge >= 0.3 is 0 Å². The zero-order valence-corrected chi connectivity index (χ0v) is 12.3. The van der Waals surface area contributed by atoms with Crippen molar-refractivity contribution in [2.45, 2.75) is 0 Å².